The van der Waals surface area contributed by atoms with E-state index >= 15 is 0 Å². The second-order valence-electron chi connectivity index (χ2n) is 7.26. The number of thioether (sulfide) groups is 1. The predicted molar refractivity (Wildman–Crippen MR) is 133 cm³/mol. The summed E-state index contributed by atoms with van der Waals surface area (Å²) in [7, 11) is 0. The number of benzene rings is 2. The van der Waals surface area contributed by atoms with Crippen molar-refractivity contribution in [3.05, 3.63) is 82.3 Å². The third-order valence-electron chi connectivity index (χ3n) is 4.68. The van der Waals surface area contributed by atoms with Crippen molar-refractivity contribution >= 4 is 52.1 Å². The number of hydrazine groups is 1. The molecule has 0 unspecified atom stereocenters. The van der Waals surface area contributed by atoms with Crippen LogP contribution >= 0.6 is 24.0 Å². The second kappa shape index (κ2) is 11.4. The summed E-state index contributed by atoms with van der Waals surface area (Å²) in [6.07, 6.45) is 4.26. The van der Waals surface area contributed by atoms with Gasteiger partial charge in [0, 0.05) is 13.0 Å². The lowest BCUT2D eigenvalue weighted by atomic mass is 10.1. The summed E-state index contributed by atoms with van der Waals surface area (Å²) in [5.41, 5.74) is 6.59. The number of carbonyl (C=O) groups excluding carboxylic acids is 3. The van der Waals surface area contributed by atoms with Crippen LogP contribution in [0.4, 0.5) is 0 Å². The van der Waals surface area contributed by atoms with Gasteiger partial charge in [-0.1, -0.05) is 72.5 Å². The summed E-state index contributed by atoms with van der Waals surface area (Å²) in [5.74, 6) is -1.40. The second-order valence-corrected chi connectivity index (χ2v) is 8.93. The van der Waals surface area contributed by atoms with Gasteiger partial charge in [0.25, 0.3) is 11.8 Å². The molecule has 1 saturated heterocycles. The van der Waals surface area contributed by atoms with Crippen LogP contribution in [0.2, 0.25) is 0 Å². The molecule has 3 N–H and O–H groups in total. The fraction of sp³-hybridized carbons (Fsp3) is 0.167. The van der Waals surface area contributed by atoms with Crippen LogP contribution < -0.4 is 10.9 Å². The Morgan fingerprint density at radius 2 is 1.79 bits per heavy atom. The molecule has 2 aromatic carbocycles. The number of hydrogen-bond donors (Lipinski definition) is 3. The minimum atomic E-state index is -0.623. The average molecular weight is 482 g/mol. The lowest BCUT2D eigenvalue weighted by Crippen LogP contribution is -2.42. The molecule has 170 valence electrons. The number of phenolic OH excluding ortho intramolecular Hbond substituents is 1. The summed E-state index contributed by atoms with van der Waals surface area (Å²) in [4.78, 5) is 38.8. The van der Waals surface area contributed by atoms with E-state index in [1.807, 2.05) is 49.4 Å². The molecule has 0 radical (unpaired) electrons. The molecule has 3 rings (SSSR count). The first kappa shape index (κ1) is 24.2. The van der Waals surface area contributed by atoms with E-state index in [9.17, 15) is 19.5 Å². The summed E-state index contributed by atoms with van der Waals surface area (Å²) in [6, 6.07) is 15.8. The highest BCUT2D eigenvalue weighted by molar-refractivity contribution is 8.26. The molecule has 7 nitrogen and oxygen atoms in total. The first-order valence-corrected chi connectivity index (χ1v) is 11.4. The van der Waals surface area contributed by atoms with E-state index in [0.29, 0.717) is 22.2 Å². The molecule has 2 aromatic rings. The van der Waals surface area contributed by atoms with Crippen molar-refractivity contribution in [2.45, 2.75) is 19.8 Å². The summed E-state index contributed by atoms with van der Waals surface area (Å²) < 4.78 is 0.451. The number of aromatic hydroxyl groups is 1. The number of nitrogens with zero attached hydrogens (tertiary/aromatic N) is 1. The number of rotatable bonds is 7. The Morgan fingerprint density at radius 3 is 2.52 bits per heavy atom. The normalized spacial score (nSPS) is 15.1. The first-order valence-electron chi connectivity index (χ1n) is 10.2. The highest BCUT2D eigenvalue weighted by atomic mass is 32.2. The first-order chi connectivity index (χ1) is 15.8. The van der Waals surface area contributed by atoms with Gasteiger partial charge in [0.05, 0.1) is 10.5 Å². The SMILES string of the molecule is CC(/C=C1\SC(=S)N(CCCC(=O)NNC(=O)c2ccccc2O)C1=O)=C\c1ccccc1. The average Bonchev–Trinajstić information content (AvgIpc) is 3.05. The number of nitrogens with one attached hydrogen (secondary N) is 2. The molecule has 0 saturated carbocycles. The molecule has 1 aliphatic heterocycles. The van der Waals surface area contributed by atoms with Gasteiger partial charge in [0.1, 0.15) is 10.1 Å². The van der Waals surface area contributed by atoms with Crippen molar-refractivity contribution in [2.24, 2.45) is 0 Å². The van der Waals surface area contributed by atoms with Gasteiger partial charge in [-0.3, -0.25) is 30.1 Å². The fourth-order valence-electron chi connectivity index (χ4n) is 3.07. The Bertz CT molecular complexity index is 1130. The maximum absolute atomic E-state index is 12.7. The van der Waals surface area contributed by atoms with Gasteiger partial charge in [0.15, 0.2) is 0 Å². The number of phenols is 1. The third-order valence-corrected chi connectivity index (χ3v) is 6.05. The summed E-state index contributed by atoms with van der Waals surface area (Å²) in [5, 5.41) is 9.68. The zero-order chi connectivity index (χ0) is 23.8. The molecule has 0 spiro atoms. The molecule has 3 amide bonds. The standard InChI is InChI=1S/C24H23N3O4S2/c1-16(14-17-8-3-2-4-9-17)15-20-23(31)27(24(32)33-20)13-7-12-21(29)25-26-22(30)18-10-5-6-11-19(18)28/h2-6,8-11,14-15,28H,7,12-13H2,1H3,(H,25,29)(H,26,30)/b16-14+,20-15-. The predicted octanol–water partition coefficient (Wildman–Crippen LogP) is 3.78. The minimum Gasteiger partial charge on any atom is -0.507 e. The van der Waals surface area contributed by atoms with E-state index in [2.05, 4.69) is 10.9 Å². The number of carbonyl (C=O) groups is 3. The van der Waals surface area contributed by atoms with Crippen molar-refractivity contribution in [2.75, 3.05) is 6.54 Å². The number of amides is 3. The molecule has 9 heteroatoms. The molecule has 0 aliphatic carbocycles. The minimum absolute atomic E-state index is 0.0544. The maximum atomic E-state index is 12.7. The van der Waals surface area contributed by atoms with E-state index in [1.165, 1.54) is 28.8 Å². The molecule has 0 bridgehead atoms. The van der Waals surface area contributed by atoms with Crippen molar-refractivity contribution < 1.29 is 19.5 Å². The number of para-hydroxylation sites is 1. The van der Waals surface area contributed by atoms with Gasteiger partial charge in [-0.25, -0.2) is 0 Å². The Kier molecular flexibility index (Phi) is 8.39. The Balaban J connectivity index is 1.47. The highest BCUT2D eigenvalue weighted by Crippen LogP contribution is 2.32. The van der Waals surface area contributed by atoms with Crippen molar-refractivity contribution in [3.63, 3.8) is 0 Å². The number of allylic oxidation sites excluding steroid dienone is 2. The van der Waals surface area contributed by atoms with E-state index in [4.69, 9.17) is 12.2 Å². The number of thiocarbonyl (C=S) groups is 1. The van der Waals surface area contributed by atoms with Gasteiger partial charge in [-0.2, -0.15) is 0 Å². The lowest BCUT2D eigenvalue weighted by molar-refractivity contribution is -0.124. The van der Waals surface area contributed by atoms with E-state index in [-0.39, 0.29) is 23.6 Å². The molecule has 33 heavy (non-hydrogen) atoms. The molecule has 0 atom stereocenters. The third kappa shape index (κ3) is 6.77. The molecule has 1 fully saturated rings. The van der Waals surface area contributed by atoms with Crippen LogP contribution in [-0.2, 0) is 9.59 Å². The number of hydrogen-bond acceptors (Lipinski definition) is 6. The van der Waals surface area contributed by atoms with Crippen LogP contribution in [0.3, 0.4) is 0 Å². The molecule has 1 heterocycles. The van der Waals surface area contributed by atoms with Crippen LogP contribution in [0, 0.1) is 0 Å². The Labute approximate surface area is 201 Å². The van der Waals surface area contributed by atoms with E-state index in [1.54, 1.807) is 12.1 Å². The Morgan fingerprint density at radius 1 is 1.09 bits per heavy atom. The fourth-order valence-corrected chi connectivity index (χ4v) is 4.43. The van der Waals surface area contributed by atoms with Gasteiger partial charge >= 0.3 is 0 Å². The monoisotopic (exact) mass is 481 g/mol. The van der Waals surface area contributed by atoms with Crippen LogP contribution in [0.1, 0.15) is 35.7 Å². The largest absolute Gasteiger partial charge is 0.507 e. The van der Waals surface area contributed by atoms with E-state index < -0.39 is 11.8 Å². The van der Waals surface area contributed by atoms with Gasteiger partial charge < -0.3 is 5.11 Å². The van der Waals surface area contributed by atoms with Gasteiger partial charge in [-0.05, 0) is 42.7 Å². The lowest BCUT2D eigenvalue weighted by Gasteiger charge is -2.14. The molecular formula is C24H23N3O4S2. The smallest absolute Gasteiger partial charge is 0.273 e. The molecular weight excluding hydrogens is 458 g/mol. The zero-order valence-corrected chi connectivity index (χ0v) is 19.5. The van der Waals surface area contributed by atoms with Gasteiger partial charge in [0.2, 0.25) is 5.91 Å². The van der Waals surface area contributed by atoms with Crippen LogP contribution in [-0.4, -0.2) is 38.6 Å². The van der Waals surface area contributed by atoms with E-state index in [0.717, 1.165) is 11.1 Å². The maximum Gasteiger partial charge on any atom is 0.273 e. The van der Waals surface area contributed by atoms with Gasteiger partial charge in [-0.15, -0.1) is 0 Å². The zero-order valence-electron chi connectivity index (χ0n) is 17.9. The quantitative estimate of drug-likeness (QED) is 0.316. The highest BCUT2D eigenvalue weighted by Gasteiger charge is 2.31. The van der Waals surface area contributed by atoms with Crippen molar-refractivity contribution in [1.82, 2.24) is 15.8 Å². The Hall–Kier alpha value is -3.43. The van der Waals surface area contributed by atoms with Crippen LogP contribution in [0.25, 0.3) is 6.08 Å². The van der Waals surface area contributed by atoms with Crippen molar-refractivity contribution in [3.8, 4) is 5.75 Å². The molecule has 0 aromatic heterocycles. The summed E-state index contributed by atoms with van der Waals surface area (Å²) >= 11 is 6.57. The summed E-state index contributed by atoms with van der Waals surface area (Å²) in [6.45, 7) is 2.22. The molecule has 1 aliphatic rings. The van der Waals surface area contributed by atoms with Crippen molar-refractivity contribution in [1.29, 1.82) is 0 Å². The van der Waals surface area contributed by atoms with Crippen LogP contribution in [0.5, 0.6) is 5.75 Å². The topological polar surface area (TPSA) is 98.7 Å². The van der Waals surface area contributed by atoms with Crippen LogP contribution in [0.15, 0.2) is 71.2 Å².